The van der Waals surface area contributed by atoms with Gasteiger partial charge in [0.1, 0.15) is 0 Å². The maximum atomic E-state index is 12.9. The Hall–Kier alpha value is -3.36. The summed E-state index contributed by atoms with van der Waals surface area (Å²) in [6.45, 7) is 0.250. The number of sulfonamides is 1. The summed E-state index contributed by atoms with van der Waals surface area (Å²) in [4.78, 5) is 13.0. The van der Waals surface area contributed by atoms with E-state index in [1.807, 2.05) is 18.2 Å². The maximum absolute atomic E-state index is 12.9. The molecule has 0 radical (unpaired) electrons. The van der Waals surface area contributed by atoms with E-state index >= 15 is 0 Å². The van der Waals surface area contributed by atoms with Crippen molar-refractivity contribution in [1.82, 2.24) is 10.0 Å². The van der Waals surface area contributed by atoms with Crippen LogP contribution in [0.3, 0.4) is 0 Å². The molecule has 1 atom stereocenters. The third-order valence-electron chi connectivity index (χ3n) is 5.98. The van der Waals surface area contributed by atoms with E-state index in [9.17, 15) is 13.2 Å². The number of hydrogen-bond acceptors (Lipinski definition) is 5. The third-order valence-corrected chi connectivity index (χ3v) is 7.38. The number of nitrogens with one attached hydrogen (secondary N) is 2. The van der Waals surface area contributed by atoms with Gasteiger partial charge in [-0.1, -0.05) is 36.4 Å². The number of benzene rings is 3. The van der Waals surface area contributed by atoms with Crippen molar-refractivity contribution in [1.29, 1.82) is 0 Å². The monoisotopic (exact) mass is 464 g/mol. The van der Waals surface area contributed by atoms with Gasteiger partial charge in [0.2, 0.25) is 16.8 Å². The van der Waals surface area contributed by atoms with E-state index in [0.29, 0.717) is 17.1 Å². The second kappa shape index (κ2) is 8.88. The molecule has 0 saturated heterocycles. The highest BCUT2D eigenvalue weighted by atomic mass is 32.2. The topological polar surface area (TPSA) is 93.7 Å². The summed E-state index contributed by atoms with van der Waals surface area (Å²) in [5.41, 5.74) is 3.43. The van der Waals surface area contributed by atoms with E-state index < -0.39 is 10.0 Å². The highest BCUT2D eigenvalue weighted by molar-refractivity contribution is 7.89. The molecular weight excluding hydrogens is 440 g/mol. The van der Waals surface area contributed by atoms with Crippen molar-refractivity contribution >= 4 is 15.9 Å². The van der Waals surface area contributed by atoms with Crippen molar-refractivity contribution in [2.75, 3.05) is 6.79 Å². The second-order valence-electron chi connectivity index (χ2n) is 8.16. The molecule has 0 spiro atoms. The SMILES string of the molecule is O=C(NC1CCCc2ccccc21)c1cccc(S(=O)(=O)NCc2ccc3c(c2)OCO3)c1. The predicted octanol–water partition coefficient (Wildman–Crippen LogP) is 3.70. The molecule has 2 aliphatic rings. The van der Waals surface area contributed by atoms with Gasteiger partial charge in [-0.2, -0.15) is 0 Å². The van der Waals surface area contributed by atoms with Crippen LogP contribution in [-0.2, 0) is 23.0 Å². The molecule has 170 valence electrons. The highest BCUT2D eigenvalue weighted by Crippen LogP contribution is 2.32. The maximum Gasteiger partial charge on any atom is 0.251 e. The Balaban J connectivity index is 1.29. The van der Waals surface area contributed by atoms with Crippen LogP contribution >= 0.6 is 0 Å². The van der Waals surface area contributed by atoms with Crippen LogP contribution in [0.2, 0.25) is 0 Å². The van der Waals surface area contributed by atoms with Gasteiger partial charge in [-0.15, -0.1) is 0 Å². The molecule has 1 amide bonds. The smallest absolute Gasteiger partial charge is 0.251 e. The Labute approximate surface area is 192 Å². The fraction of sp³-hybridized carbons (Fsp3) is 0.240. The van der Waals surface area contributed by atoms with Gasteiger partial charge in [0.25, 0.3) is 5.91 Å². The van der Waals surface area contributed by atoms with Crippen LogP contribution in [-0.4, -0.2) is 21.1 Å². The molecule has 5 rings (SSSR count). The molecule has 0 bridgehead atoms. The lowest BCUT2D eigenvalue weighted by molar-refractivity contribution is 0.0932. The summed E-state index contributed by atoms with van der Waals surface area (Å²) in [6, 6.07) is 19.4. The molecule has 0 fully saturated rings. The normalized spacial score (nSPS) is 16.8. The average molecular weight is 465 g/mol. The number of amides is 1. The summed E-state index contributed by atoms with van der Waals surface area (Å²) in [5, 5.41) is 3.07. The number of ether oxygens (including phenoxy) is 2. The van der Waals surface area contributed by atoms with Crippen LogP contribution in [0.1, 0.15) is 45.9 Å². The Bertz CT molecular complexity index is 1310. The third kappa shape index (κ3) is 4.58. The van der Waals surface area contributed by atoms with Crippen LogP contribution < -0.4 is 19.5 Å². The lowest BCUT2D eigenvalue weighted by atomic mass is 9.87. The van der Waals surface area contributed by atoms with Crippen LogP contribution in [0, 0.1) is 0 Å². The molecule has 0 aromatic heterocycles. The van der Waals surface area contributed by atoms with Gasteiger partial charge in [0, 0.05) is 12.1 Å². The molecule has 1 unspecified atom stereocenters. The van der Waals surface area contributed by atoms with E-state index in [1.165, 1.54) is 17.7 Å². The van der Waals surface area contributed by atoms with Gasteiger partial charge >= 0.3 is 0 Å². The molecule has 33 heavy (non-hydrogen) atoms. The lowest BCUT2D eigenvalue weighted by Gasteiger charge is -2.26. The Kier molecular flexibility index (Phi) is 5.78. The number of hydrogen-bond donors (Lipinski definition) is 2. The number of aryl methyl sites for hydroxylation is 1. The van der Waals surface area contributed by atoms with E-state index in [-0.39, 0.29) is 30.2 Å². The standard InChI is InChI=1S/C25H24N2O5S/c28-25(27-22-10-4-6-18-5-1-2-9-21(18)22)19-7-3-8-20(14-19)33(29,30)26-15-17-11-12-23-24(13-17)32-16-31-23/h1-3,5,7-9,11-14,22,26H,4,6,10,15-16H2,(H,27,28). The van der Waals surface area contributed by atoms with Gasteiger partial charge < -0.3 is 14.8 Å². The van der Waals surface area contributed by atoms with E-state index in [0.717, 1.165) is 30.4 Å². The van der Waals surface area contributed by atoms with Crippen LogP contribution in [0.5, 0.6) is 11.5 Å². The first kappa shape index (κ1) is 21.5. The van der Waals surface area contributed by atoms with Crippen molar-refractivity contribution in [3.8, 4) is 11.5 Å². The van der Waals surface area contributed by atoms with E-state index in [2.05, 4.69) is 16.1 Å². The van der Waals surface area contributed by atoms with Gasteiger partial charge in [-0.3, -0.25) is 4.79 Å². The zero-order chi connectivity index (χ0) is 22.8. The molecular formula is C25H24N2O5S. The Morgan fingerprint density at radius 1 is 0.970 bits per heavy atom. The van der Waals surface area contributed by atoms with Crippen molar-refractivity contribution in [2.24, 2.45) is 0 Å². The van der Waals surface area contributed by atoms with Gasteiger partial charge in [0.05, 0.1) is 10.9 Å². The van der Waals surface area contributed by atoms with Crippen LogP contribution in [0.4, 0.5) is 0 Å². The average Bonchev–Trinajstić information content (AvgIpc) is 3.31. The van der Waals surface area contributed by atoms with Crippen molar-refractivity contribution in [3.05, 3.63) is 89.0 Å². The zero-order valence-electron chi connectivity index (χ0n) is 17.9. The largest absolute Gasteiger partial charge is 0.454 e. The molecule has 3 aromatic rings. The highest BCUT2D eigenvalue weighted by Gasteiger charge is 2.23. The number of fused-ring (bicyclic) bond motifs is 2. The molecule has 0 saturated carbocycles. The number of carbonyl (C=O) groups is 1. The number of carbonyl (C=O) groups excluding carboxylic acids is 1. The minimum atomic E-state index is -3.81. The molecule has 1 heterocycles. The van der Waals surface area contributed by atoms with E-state index in [1.54, 1.807) is 30.3 Å². The molecule has 2 N–H and O–H groups in total. The first-order valence-corrected chi connectivity index (χ1v) is 12.3. The fourth-order valence-electron chi connectivity index (χ4n) is 4.26. The minimum absolute atomic E-state index is 0.0416. The summed E-state index contributed by atoms with van der Waals surface area (Å²) in [6.07, 6.45) is 2.86. The summed E-state index contributed by atoms with van der Waals surface area (Å²) in [5.74, 6) is 0.945. The quantitative estimate of drug-likeness (QED) is 0.580. The first-order valence-electron chi connectivity index (χ1n) is 10.9. The molecule has 7 nitrogen and oxygen atoms in total. The molecule has 1 aliphatic heterocycles. The van der Waals surface area contributed by atoms with Gasteiger partial charge in [0.15, 0.2) is 11.5 Å². The van der Waals surface area contributed by atoms with Crippen LogP contribution in [0.15, 0.2) is 71.6 Å². The first-order chi connectivity index (χ1) is 16.0. The van der Waals surface area contributed by atoms with Crippen molar-refractivity contribution in [2.45, 2.75) is 36.7 Å². The molecule has 1 aliphatic carbocycles. The minimum Gasteiger partial charge on any atom is -0.454 e. The van der Waals surface area contributed by atoms with Crippen molar-refractivity contribution < 1.29 is 22.7 Å². The second-order valence-corrected chi connectivity index (χ2v) is 9.92. The molecule has 8 heteroatoms. The summed E-state index contributed by atoms with van der Waals surface area (Å²) < 4.78 is 38.9. The van der Waals surface area contributed by atoms with Gasteiger partial charge in [-0.05, 0) is 66.3 Å². The summed E-state index contributed by atoms with van der Waals surface area (Å²) >= 11 is 0. The predicted molar refractivity (Wildman–Crippen MR) is 123 cm³/mol. The zero-order valence-corrected chi connectivity index (χ0v) is 18.7. The fourth-order valence-corrected chi connectivity index (χ4v) is 5.33. The van der Waals surface area contributed by atoms with E-state index in [4.69, 9.17) is 9.47 Å². The Morgan fingerprint density at radius 2 is 1.82 bits per heavy atom. The Morgan fingerprint density at radius 3 is 2.73 bits per heavy atom. The van der Waals surface area contributed by atoms with Crippen LogP contribution in [0.25, 0.3) is 0 Å². The van der Waals surface area contributed by atoms with Crippen molar-refractivity contribution in [3.63, 3.8) is 0 Å². The molecule has 3 aromatic carbocycles. The number of rotatable bonds is 6. The summed E-state index contributed by atoms with van der Waals surface area (Å²) in [7, 11) is -3.81. The van der Waals surface area contributed by atoms with Gasteiger partial charge in [-0.25, -0.2) is 13.1 Å². The lowest BCUT2D eigenvalue weighted by Crippen LogP contribution is -2.31.